The predicted molar refractivity (Wildman–Crippen MR) is 85.7 cm³/mol. The van der Waals surface area contributed by atoms with Crippen molar-refractivity contribution in [2.45, 2.75) is 6.42 Å². The highest BCUT2D eigenvalue weighted by Crippen LogP contribution is 2.26. The van der Waals surface area contributed by atoms with Crippen LogP contribution in [0.15, 0.2) is 40.9 Å². The molecule has 0 bridgehead atoms. The first kappa shape index (κ1) is 13.5. The van der Waals surface area contributed by atoms with Crippen molar-refractivity contribution >= 4 is 44.8 Å². The zero-order valence-electron chi connectivity index (χ0n) is 10.5. The number of hydrogen-bond acceptors (Lipinski definition) is 2. The van der Waals surface area contributed by atoms with Gasteiger partial charge in [-0.05, 0) is 48.4 Å². The molecule has 0 radical (unpaired) electrons. The molecule has 0 aliphatic carbocycles. The fraction of sp³-hybridized carbons (Fsp3) is 0.133. The van der Waals surface area contributed by atoms with Crippen LogP contribution in [0.1, 0.15) is 15.9 Å². The predicted octanol–water partition coefficient (Wildman–Crippen LogP) is 4.32. The van der Waals surface area contributed by atoms with E-state index in [2.05, 4.69) is 26.6 Å². The lowest BCUT2D eigenvalue weighted by atomic mass is 10.1. The van der Waals surface area contributed by atoms with Crippen molar-refractivity contribution < 1.29 is 4.79 Å². The van der Waals surface area contributed by atoms with Crippen molar-refractivity contribution in [3.8, 4) is 0 Å². The van der Waals surface area contributed by atoms with Crippen LogP contribution in [0, 0.1) is 0 Å². The normalized spacial score (nSPS) is 12.7. The standard InChI is InChI=1S/C15H12BrClN2O/c16-11-5-10(6-12(17)8-11)15(20)19-13-1-2-14-9(7-13)3-4-18-14/h1-2,5-8,18H,3-4H2,(H,19,20). The van der Waals surface area contributed by atoms with Crippen LogP contribution < -0.4 is 10.6 Å². The third kappa shape index (κ3) is 2.81. The molecule has 0 atom stereocenters. The van der Waals surface area contributed by atoms with Crippen molar-refractivity contribution in [2.24, 2.45) is 0 Å². The van der Waals surface area contributed by atoms with E-state index in [9.17, 15) is 4.79 Å². The molecule has 1 heterocycles. The Labute approximate surface area is 130 Å². The fourth-order valence-electron chi connectivity index (χ4n) is 2.27. The van der Waals surface area contributed by atoms with Gasteiger partial charge < -0.3 is 10.6 Å². The topological polar surface area (TPSA) is 41.1 Å². The third-order valence-corrected chi connectivity index (χ3v) is 3.87. The molecule has 3 rings (SSSR count). The van der Waals surface area contributed by atoms with Crippen molar-refractivity contribution in [3.05, 3.63) is 57.0 Å². The second-order valence-electron chi connectivity index (χ2n) is 4.66. The van der Waals surface area contributed by atoms with Crippen molar-refractivity contribution in [1.82, 2.24) is 0 Å². The summed E-state index contributed by atoms with van der Waals surface area (Å²) < 4.78 is 0.785. The van der Waals surface area contributed by atoms with Crippen molar-refractivity contribution in [3.63, 3.8) is 0 Å². The average molecular weight is 352 g/mol. The fourth-order valence-corrected chi connectivity index (χ4v) is 3.13. The first-order valence-electron chi connectivity index (χ1n) is 6.26. The Morgan fingerprint density at radius 2 is 2.10 bits per heavy atom. The molecule has 0 fully saturated rings. The second-order valence-corrected chi connectivity index (χ2v) is 6.01. The van der Waals surface area contributed by atoms with Gasteiger partial charge in [-0.1, -0.05) is 27.5 Å². The van der Waals surface area contributed by atoms with Gasteiger partial charge in [0.1, 0.15) is 0 Å². The number of carbonyl (C=O) groups excluding carboxylic acids is 1. The Morgan fingerprint density at radius 1 is 1.25 bits per heavy atom. The number of benzene rings is 2. The van der Waals surface area contributed by atoms with Gasteiger partial charge >= 0.3 is 0 Å². The van der Waals surface area contributed by atoms with Crippen LogP contribution in [0.25, 0.3) is 0 Å². The van der Waals surface area contributed by atoms with Gasteiger partial charge in [-0.25, -0.2) is 0 Å². The quantitative estimate of drug-likeness (QED) is 0.846. The van der Waals surface area contributed by atoms with E-state index < -0.39 is 0 Å². The summed E-state index contributed by atoms with van der Waals surface area (Å²) in [7, 11) is 0. The lowest BCUT2D eigenvalue weighted by Crippen LogP contribution is -2.12. The highest BCUT2D eigenvalue weighted by molar-refractivity contribution is 9.10. The zero-order chi connectivity index (χ0) is 14.1. The molecule has 0 aromatic heterocycles. The van der Waals surface area contributed by atoms with Crippen molar-refractivity contribution in [1.29, 1.82) is 0 Å². The van der Waals surface area contributed by atoms with E-state index in [0.717, 1.165) is 28.8 Å². The van der Waals surface area contributed by atoms with Gasteiger partial charge in [0.2, 0.25) is 0 Å². The van der Waals surface area contributed by atoms with E-state index >= 15 is 0 Å². The maximum atomic E-state index is 12.2. The number of fused-ring (bicyclic) bond motifs is 1. The minimum absolute atomic E-state index is 0.167. The summed E-state index contributed by atoms with van der Waals surface area (Å²) in [6.45, 7) is 0.952. The van der Waals surface area contributed by atoms with Crippen LogP contribution in [0.4, 0.5) is 11.4 Å². The van der Waals surface area contributed by atoms with Gasteiger partial charge in [0.05, 0.1) is 0 Å². The van der Waals surface area contributed by atoms with Gasteiger partial charge in [0.25, 0.3) is 5.91 Å². The Hall–Kier alpha value is -1.52. The minimum atomic E-state index is -0.167. The van der Waals surface area contributed by atoms with Crippen LogP contribution >= 0.6 is 27.5 Å². The first-order chi connectivity index (χ1) is 9.61. The van der Waals surface area contributed by atoms with E-state index in [0.29, 0.717) is 10.6 Å². The van der Waals surface area contributed by atoms with E-state index in [1.165, 1.54) is 5.56 Å². The molecule has 0 saturated carbocycles. The number of rotatable bonds is 2. The van der Waals surface area contributed by atoms with Gasteiger partial charge in [-0.15, -0.1) is 0 Å². The molecule has 5 heteroatoms. The van der Waals surface area contributed by atoms with Crippen LogP contribution in [-0.2, 0) is 6.42 Å². The smallest absolute Gasteiger partial charge is 0.255 e. The van der Waals surface area contributed by atoms with E-state index in [1.54, 1.807) is 18.2 Å². The van der Waals surface area contributed by atoms with E-state index in [-0.39, 0.29) is 5.91 Å². The number of amides is 1. The lowest BCUT2D eigenvalue weighted by molar-refractivity contribution is 0.102. The molecule has 2 N–H and O–H groups in total. The van der Waals surface area contributed by atoms with Gasteiger partial charge in [-0.3, -0.25) is 4.79 Å². The lowest BCUT2D eigenvalue weighted by Gasteiger charge is -2.08. The second kappa shape index (κ2) is 5.46. The molecule has 20 heavy (non-hydrogen) atoms. The number of carbonyl (C=O) groups is 1. The van der Waals surface area contributed by atoms with Crippen LogP contribution in [0.3, 0.4) is 0 Å². The molecule has 2 aromatic carbocycles. The number of hydrogen-bond donors (Lipinski definition) is 2. The van der Waals surface area contributed by atoms with Crippen LogP contribution in [0.2, 0.25) is 5.02 Å². The third-order valence-electron chi connectivity index (χ3n) is 3.20. The van der Waals surface area contributed by atoms with Gasteiger partial charge in [0.15, 0.2) is 0 Å². The minimum Gasteiger partial charge on any atom is -0.384 e. The van der Waals surface area contributed by atoms with Crippen LogP contribution in [-0.4, -0.2) is 12.5 Å². The highest BCUT2D eigenvalue weighted by Gasteiger charge is 2.12. The van der Waals surface area contributed by atoms with Crippen LogP contribution in [0.5, 0.6) is 0 Å². The summed E-state index contributed by atoms with van der Waals surface area (Å²) in [5.41, 5.74) is 3.71. The molecule has 1 amide bonds. The largest absolute Gasteiger partial charge is 0.384 e. The van der Waals surface area contributed by atoms with Crippen molar-refractivity contribution in [2.75, 3.05) is 17.2 Å². The Kier molecular flexibility index (Phi) is 3.68. The Morgan fingerprint density at radius 3 is 2.90 bits per heavy atom. The molecule has 0 saturated heterocycles. The van der Waals surface area contributed by atoms with E-state index in [1.807, 2.05) is 18.2 Å². The summed E-state index contributed by atoms with van der Waals surface area (Å²) in [5.74, 6) is -0.167. The molecule has 1 aliphatic rings. The molecule has 1 aliphatic heterocycles. The average Bonchev–Trinajstić information content (AvgIpc) is 2.85. The number of anilines is 2. The monoisotopic (exact) mass is 350 g/mol. The molecule has 0 spiro atoms. The Balaban J connectivity index is 1.82. The molecule has 2 aromatic rings. The molecular formula is C15H12BrClN2O. The number of halogens is 2. The molecule has 3 nitrogen and oxygen atoms in total. The summed E-state index contributed by atoms with van der Waals surface area (Å²) in [4.78, 5) is 12.2. The maximum absolute atomic E-state index is 12.2. The molecule has 102 valence electrons. The summed E-state index contributed by atoms with van der Waals surface area (Å²) >= 11 is 9.29. The summed E-state index contributed by atoms with van der Waals surface area (Å²) in [6, 6.07) is 11.0. The van der Waals surface area contributed by atoms with E-state index in [4.69, 9.17) is 11.6 Å². The maximum Gasteiger partial charge on any atom is 0.255 e. The Bertz CT molecular complexity index is 667. The SMILES string of the molecule is O=C(Nc1ccc2c(c1)CCN2)c1cc(Cl)cc(Br)c1. The van der Waals surface area contributed by atoms with Gasteiger partial charge in [0, 0.05) is 33.0 Å². The molecular weight excluding hydrogens is 340 g/mol. The first-order valence-corrected chi connectivity index (χ1v) is 7.43. The summed E-state index contributed by atoms with van der Waals surface area (Å²) in [6.07, 6.45) is 0.988. The zero-order valence-corrected chi connectivity index (χ0v) is 12.9. The van der Waals surface area contributed by atoms with Gasteiger partial charge in [-0.2, -0.15) is 0 Å². The highest BCUT2D eigenvalue weighted by atomic mass is 79.9. The summed E-state index contributed by atoms with van der Waals surface area (Å²) in [5, 5.41) is 6.72. The number of nitrogens with one attached hydrogen (secondary N) is 2. The molecule has 0 unspecified atom stereocenters.